The lowest BCUT2D eigenvalue weighted by Crippen LogP contribution is -2.50. The van der Waals surface area contributed by atoms with E-state index in [2.05, 4.69) is 4.90 Å². The molecule has 1 aromatic heterocycles. The van der Waals surface area contributed by atoms with E-state index in [1.807, 2.05) is 25.1 Å². The van der Waals surface area contributed by atoms with Gasteiger partial charge in [-0.25, -0.2) is 18.2 Å². The van der Waals surface area contributed by atoms with E-state index in [0.717, 1.165) is 42.0 Å². The third-order valence-corrected chi connectivity index (χ3v) is 10.6. The molecule has 2 aliphatic heterocycles. The molecule has 2 fully saturated rings. The minimum Gasteiger partial charge on any atom is -0.494 e. The number of sulfonamides is 1. The number of carbonyl (C=O) groups excluding carboxylic acids is 2. The Bertz CT molecular complexity index is 1530. The number of piperazine rings is 1. The maximum absolute atomic E-state index is 13.9. The second-order valence-electron chi connectivity index (χ2n) is 10.4. The fourth-order valence-corrected chi connectivity index (χ4v) is 7.67. The van der Waals surface area contributed by atoms with E-state index >= 15 is 0 Å². The van der Waals surface area contributed by atoms with Crippen LogP contribution in [0.1, 0.15) is 30.6 Å². The molecule has 3 heterocycles. The molecular weight excluding hydrogens is 606 g/mol. The van der Waals surface area contributed by atoms with Crippen molar-refractivity contribution in [3.8, 4) is 5.75 Å². The predicted octanol–water partition coefficient (Wildman–Crippen LogP) is 3.53. The van der Waals surface area contributed by atoms with Crippen molar-refractivity contribution >= 4 is 48.7 Å². The van der Waals surface area contributed by atoms with Crippen molar-refractivity contribution in [3.05, 3.63) is 48.0 Å². The minimum atomic E-state index is -3.80. The third kappa shape index (κ3) is 7.49. The van der Waals surface area contributed by atoms with E-state index in [1.165, 1.54) is 32.7 Å². The zero-order valence-electron chi connectivity index (χ0n) is 25.1. The highest BCUT2D eigenvalue weighted by molar-refractivity contribution is 7.89. The number of ether oxygens (including phenoxy) is 3. The van der Waals surface area contributed by atoms with Gasteiger partial charge < -0.3 is 19.1 Å². The Hall–Kier alpha value is -3.30. The van der Waals surface area contributed by atoms with Crippen molar-refractivity contribution in [2.75, 3.05) is 83.7 Å². The van der Waals surface area contributed by atoms with Gasteiger partial charge in [-0.2, -0.15) is 4.31 Å². The lowest BCUT2D eigenvalue weighted by molar-refractivity contribution is 0.0376. The van der Waals surface area contributed by atoms with Crippen molar-refractivity contribution in [3.63, 3.8) is 0 Å². The Balaban J connectivity index is 1.32. The number of morpholine rings is 1. The first kappa shape index (κ1) is 32.1. The zero-order valence-corrected chi connectivity index (χ0v) is 26.8. The van der Waals surface area contributed by atoms with E-state index in [1.54, 1.807) is 24.0 Å². The van der Waals surface area contributed by atoms with Gasteiger partial charge in [-0.1, -0.05) is 11.3 Å². The number of benzene rings is 2. The number of aromatic nitrogens is 1. The molecule has 0 spiro atoms. The number of nitrogens with zero attached hydrogens (tertiary/aromatic N) is 5. The molecule has 2 aromatic carbocycles. The van der Waals surface area contributed by atoms with Crippen LogP contribution in [0.2, 0.25) is 0 Å². The largest absolute Gasteiger partial charge is 0.494 e. The monoisotopic (exact) mass is 645 g/mol. The van der Waals surface area contributed by atoms with Crippen LogP contribution in [0.3, 0.4) is 0 Å². The van der Waals surface area contributed by atoms with E-state index in [0.29, 0.717) is 37.1 Å². The van der Waals surface area contributed by atoms with Crippen molar-refractivity contribution in [1.29, 1.82) is 0 Å². The molecule has 2 saturated heterocycles. The average molecular weight is 646 g/mol. The van der Waals surface area contributed by atoms with Crippen LogP contribution in [0.4, 0.5) is 9.93 Å². The molecule has 2 aliphatic rings. The second-order valence-corrected chi connectivity index (χ2v) is 13.4. The first-order valence-electron chi connectivity index (χ1n) is 15.0. The van der Waals surface area contributed by atoms with Gasteiger partial charge in [0.05, 0.1) is 41.5 Å². The molecule has 0 N–H and O–H groups in total. The summed E-state index contributed by atoms with van der Waals surface area (Å²) < 4.78 is 45.1. The number of hydrogen-bond acceptors (Lipinski definition) is 10. The van der Waals surface area contributed by atoms with Gasteiger partial charge in [0.25, 0.3) is 5.91 Å². The normalized spacial score (nSPS) is 16.6. The van der Waals surface area contributed by atoms with Crippen LogP contribution in [-0.4, -0.2) is 118 Å². The highest BCUT2D eigenvalue weighted by Gasteiger charge is 2.31. The Kier molecular flexibility index (Phi) is 10.7. The van der Waals surface area contributed by atoms with Crippen LogP contribution in [0.25, 0.3) is 10.2 Å². The number of thiazole rings is 1. The first-order chi connectivity index (χ1) is 21.3. The third-order valence-electron chi connectivity index (χ3n) is 7.60. The molecule has 0 bridgehead atoms. The SMILES string of the molecule is CCOC(=O)N1CCN(S(=O)(=O)c2ccc(C(=O)N(CCCN3CCOCC3)c3nc4ccc(OCC)cc4s3)cc2)CC1. The van der Waals surface area contributed by atoms with E-state index in [4.69, 9.17) is 19.2 Å². The van der Waals surface area contributed by atoms with Crippen LogP contribution in [0.15, 0.2) is 47.4 Å². The van der Waals surface area contributed by atoms with Crippen LogP contribution >= 0.6 is 11.3 Å². The fourth-order valence-electron chi connectivity index (χ4n) is 5.23. The van der Waals surface area contributed by atoms with Crippen LogP contribution in [0.5, 0.6) is 5.75 Å². The van der Waals surface area contributed by atoms with Crippen molar-refractivity contribution in [2.45, 2.75) is 25.2 Å². The van der Waals surface area contributed by atoms with Gasteiger partial charge in [-0.3, -0.25) is 14.6 Å². The lowest BCUT2D eigenvalue weighted by Gasteiger charge is -2.33. The van der Waals surface area contributed by atoms with Crippen LogP contribution in [0, 0.1) is 0 Å². The van der Waals surface area contributed by atoms with Crippen molar-refractivity contribution in [2.24, 2.45) is 0 Å². The number of rotatable bonds is 11. The second kappa shape index (κ2) is 14.7. The van der Waals surface area contributed by atoms with Gasteiger partial charge in [-0.05, 0) is 62.7 Å². The van der Waals surface area contributed by atoms with Crippen molar-refractivity contribution < 1.29 is 32.2 Å². The highest BCUT2D eigenvalue weighted by Crippen LogP contribution is 2.32. The van der Waals surface area contributed by atoms with Crippen LogP contribution in [-0.2, 0) is 19.5 Å². The molecule has 0 saturated carbocycles. The Morgan fingerprint density at radius 3 is 2.39 bits per heavy atom. The molecule has 44 heavy (non-hydrogen) atoms. The number of anilines is 1. The number of hydrogen-bond donors (Lipinski definition) is 0. The molecule has 5 rings (SSSR count). The van der Waals surface area contributed by atoms with Crippen molar-refractivity contribution in [1.82, 2.24) is 19.1 Å². The Labute approximate surface area is 262 Å². The summed E-state index contributed by atoms with van der Waals surface area (Å²) in [6, 6.07) is 11.7. The predicted molar refractivity (Wildman–Crippen MR) is 168 cm³/mol. The van der Waals surface area contributed by atoms with Gasteiger partial charge in [0.1, 0.15) is 5.75 Å². The summed E-state index contributed by atoms with van der Waals surface area (Å²) in [6.07, 6.45) is 0.306. The molecule has 238 valence electrons. The molecule has 14 heteroatoms. The number of amides is 2. The Morgan fingerprint density at radius 1 is 0.977 bits per heavy atom. The van der Waals surface area contributed by atoms with Gasteiger partial charge in [0.2, 0.25) is 10.0 Å². The number of carbonyl (C=O) groups is 2. The molecule has 0 aliphatic carbocycles. The summed E-state index contributed by atoms with van der Waals surface area (Å²) in [5, 5.41) is 0.580. The molecule has 2 amide bonds. The quantitative estimate of drug-likeness (QED) is 0.308. The standard InChI is InChI=1S/C30H39N5O7S2/c1-3-41-24-8-11-26-27(22-24)43-29(31-26)35(13-5-12-32-18-20-40-21-19-32)28(36)23-6-9-25(10-7-23)44(38,39)34-16-14-33(15-17-34)30(37)42-4-2/h6-11,22H,3-5,12-21H2,1-2H3. The van der Waals surface area contributed by atoms with E-state index in [9.17, 15) is 18.0 Å². The average Bonchev–Trinajstić information content (AvgIpc) is 3.47. The van der Waals surface area contributed by atoms with Gasteiger partial charge in [0, 0.05) is 57.9 Å². The smallest absolute Gasteiger partial charge is 0.409 e. The molecule has 0 atom stereocenters. The molecular formula is C30H39N5O7S2. The van der Waals surface area contributed by atoms with Gasteiger partial charge in [-0.15, -0.1) is 0 Å². The van der Waals surface area contributed by atoms with E-state index < -0.39 is 16.1 Å². The summed E-state index contributed by atoms with van der Waals surface area (Å²) in [7, 11) is -3.80. The number of fused-ring (bicyclic) bond motifs is 1. The first-order valence-corrected chi connectivity index (χ1v) is 17.2. The minimum absolute atomic E-state index is 0.0981. The summed E-state index contributed by atoms with van der Waals surface area (Å²) in [5.41, 5.74) is 1.15. The van der Waals surface area contributed by atoms with Gasteiger partial charge in [0.15, 0.2) is 5.13 Å². The highest BCUT2D eigenvalue weighted by atomic mass is 32.2. The lowest BCUT2D eigenvalue weighted by atomic mass is 10.2. The summed E-state index contributed by atoms with van der Waals surface area (Å²) in [6.45, 7) is 9.75. The molecule has 3 aromatic rings. The van der Waals surface area contributed by atoms with Gasteiger partial charge >= 0.3 is 6.09 Å². The fraction of sp³-hybridized carbons (Fsp3) is 0.500. The maximum atomic E-state index is 13.9. The topological polar surface area (TPSA) is 122 Å². The zero-order chi connectivity index (χ0) is 31.1. The molecule has 12 nitrogen and oxygen atoms in total. The summed E-state index contributed by atoms with van der Waals surface area (Å²) in [5.74, 6) is 0.502. The van der Waals surface area contributed by atoms with Crippen LogP contribution < -0.4 is 9.64 Å². The molecule has 0 radical (unpaired) electrons. The maximum Gasteiger partial charge on any atom is 0.409 e. The molecule has 0 unspecified atom stereocenters. The summed E-state index contributed by atoms with van der Waals surface area (Å²) in [4.78, 5) is 36.3. The Morgan fingerprint density at radius 2 is 1.70 bits per heavy atom. The summed E-state index contributed by atoms with van der Waals surface area (Å²) >= 11 is 1.43. The van der Waals surface area contributed by atoms with E-state index in [-0.39, 0.29) is 43.6 Å².